The van der Waals surface area contributed by atoms with Crippen LogP contribution in [-0.2, 0) is 17.2 Å². The van der Waals surface area contributed by atoms with Crippen LogP contribution < -0.4 is 0 Å². The minimum absolute atomic E-state index is 0.667. The van der Waals surface area contributed by atoms with Gasteiger partial charge in [0.25, 0.3) is 0 Å². The SMILES string of the molecule is O=S(CCc1cccc(Br)c1)c1ccccc1. The van der Waals surface area contributed by atoms with E-state index in [-0.39, 0.29) is 0 Å². The molecule has 2 aromatic rings. The fourth-order valence-electron chi connectivity index (χ4n) is 1.59. The summed E-state index contributed by atoms with van der Waals surface area (Å²) in [6.45, 7) is 0. The molecular weight excluding hydrogens is 296 g/mol. The van der Waals surface area contributed by atoms with E-state index in [1.807, 2.05) is 42.5 Å². The summed E-state index contributed by atoms with van der Waals surface area (Å²) < 4.78 is 13.1. The zero-order valence-electron chi connectivity index (χ0n) is 9.30. The van der Waals surface area contributed by atoms with Crippen molar-refractivity contribution in [3.05, 3.63) is 64.6 Å². The van der Waals surface area contributed by atoms with E-state index in [4.69, 9.17) is 0 Å². The maximum Gasteiger partial charge on any atom is 0.0532 e. The number of hydrogen-bond donors (Lipinski definition) is 0. The van der Waals surface area contributed by atoms with Crippen molar-refractivity contribution in [3.8, 4) is 0 Å². The highest BCUT2D eigenvalue weighted by atomic mass is 79.9. The first kappa shape index (κ1) is 12.5. The lowest BCUT2D eigenvalue weighted by atomic mass is 10.2. The lowest BCUT2D eigenvalue weighted by Gasteiger charge is -2.03. The molecule has 0 radical (unpaired) electrons. The first-order valence-electron chi connectivity index (χ1n) is 5.43. The number of benzene rings is 2. The third kappa shape index (κ3) is 3.79. The smallest absolute Gasteiger partial charge is 0.0532 e. The molecule has 0 aliphatic carbocycles. The fraction of sp³-hybridized carbons (Fsp3) is 0.143. The third-order valence-corrected chi connectivity index (χ3v) is 4.34. The Bertz CT molecular complexity index is 511. The lowest BCUT2D eigenvalue weighted by molar-refractivity contribution is 0.682. The average Bonchev–Trinajstić information content (AvgIpc) is 2.37. The highest BCUT2D eigenvalue weighted by Crippen LogP contribution is 2.13. The van der Waals surface area contributed by atoms with Gasteiger partial charge >= 0.3 is 0 Å². The molecule has 0 fully saturated rings. The molecule has 0 amide bonds. The molecule has 0 bridgehead atoms. The summed E-state index contributed by atoms with van der Waals surface area (Å²) in [5, 5.41) is 0. The van der Waals surface area contributed by atoms with Crippen LogP contribution in [0.4, 0.5) is 0 Å². The Balaban J connectivity index is 1.97. The van der Waals surface area contributed by atoms with Crippen LogP contribution in [0.3, 0.4) is 0 Å². The van der Waals surface area contributed by atoms with Gasteiger partial charge in [0.15, 0.2) is 0 Å². The minimum atomic E-state index is -0.906. The number of aryl methyl sites for hydroxylation is 1. The van der Waals surface area contributed by atoms with Gasteiger partial charge in [-0.3, -0.25) is 4.21 Å². The second-order valence-corrected chi connectivity index (χ2v) is 6.23. The molecular formula is C14H13BrOS. The van der Waals surface area contributed by atoms with Crippen LogP contribution in [0.25, 0.3) is 0 Å². The lowest BCUT2D eigenvalue weighted by Crippen LogP contribution is -2.01. The first-order valence-corrected chi connectivity index (χ1v) is 7.55. The van der Waals surface area contributed by atoms with Crippen molar-refractivity contribution in [1.29, 1.82) is 0 Å². The molecule has 0 saturated heterocycles. The molecule has 0 N–H and O–H groups in total. The van der Waals surface area contributed by atoms with Crippen molar-refractivity contribution >= 4 is 26.7 Å². The molecule has 2 aromatic carbocycles. The van der Waals surface area contributed by atoms with Gasteiger partial charge in [0.2, 0.25) is 0 Å². The summed E-state index contributed by atoms with van der Waals surface area (Å²) in [6, 6.07) is 17.7. The summed E-state index contributed by atoms with van der Waals surface area (Å²) in [5.74, 6) is 0.667. The van der Waals surface area contributed by atoms with Crippen LogP contribution in [0.1, 0.15) is 5.56 Å². The molecule has 3 heteroatoms. The summed E-state index contributed by atoms with van der Waals surface area (Å²) >= 11 is 3.44. The Hall–Kier alpha value is -0.930. The van der Waals surface area contributed by atoms with Gasteiger partial charge in [-0.2, -0.15) is 0 Å². The Kier molecular flexibility index (Phi) is 4.51. The highest BCUT2D eigenvalue weighted by molar-refractivity contribution is 9.10. The van der Waals surface area contributed by atoms with Crippen molar-refractivity contribution < 1.29 is 4.21 Å². The van der Waals surface area contributed by atoms with Crippen LogP contribution >= 0.6 is 15.9 Å². The number of rotatable bonds is 4. The Morgan fingerprint density at radius 3 is 2.47 bits per heavy atom. The molecule has 1 nitrogen and oxygen atoms in total. The molecule has 0 aromatic heterocycles. The monoisotopic (exact) mass is 308 g/mol. The van der Waals surface area contributed by atoms with Crippen molar-refractivity contribution in [3.63, 3.8) is 0 Å². The molecule has 0 aliphatic heterocycles. The van der Waals surface area contributed by atoms with Gasteiger partial charge in [-0.05, 0) is 36.2 Å². The van der Waals surface area contributed by atoms with Gasteiger partial charge in [-0.15, -0.1) is 0 Å². The van der Waals surface area contributed by atoms with E-state index in [1.165, 1.54) is 5.56 Å². The van der Waals surface area contributed by atoms with E-state index in [0.717, 1.165) is 15.8 Å². The molecule has 1 atom stereocenters. The Morgan fingerprint density at radius 1 is 1.00 bits per heavy atom. The maximum atomic E-state index is 12.0. The molecule has 0 saturated carbocycles. The van der Waals surface area contributed by atoms with E-state index in [0.29, 0.717) is 5.75 Å². The van der Waals surface area contributed by atoms with Crippen molar-refractivity contribution in [1.82, 2.24) is 0 Å². The zero-order chi connectivity index (χ0) is 12.1. The molecule has 0 aliphatic rings. The van der Waals surface area contributed by atoms with Gasteiger partial charge in [-0.25, -0.2) is 0 Å². The van der Waals surface area contributed by atoms with Crippen molar-refractivity contribution in [2.75, 3.05) is 5.75 Å². The molecule has 17 heavy (non-hydrogen) atoms. The molecule has 0 spiro atoms. The normalized spacial score (nSPS) is 12.3. The summed E-state index contributed by atoms with van der Waals surface area (Å²) in [7, 11) is -0.906. The minimum Gasteiger partial charge on any atom is -0.254 e. The van der Waals surface area contributed by atoms with Crippen LogP contribution in [0.5, 0.6) is 0 Å². The summed E-state index contributed by atoms with van der Waals surface area (Å²) in [4.78, 5) is 0.905. The second kappa shape index (κ2) is 6.12. The first-order chi connectivity index (χ1) is 8.25. The van der Waals surface area contributed by atoms with Crippen LogP contribution in [0.15, 0.2) is 64.0 Å². The molecule has 0 heterocycles. The van der Waals surface area contributed by atoms with Gasteiger partial charge in [-0.1, -0.05) is 46.3 Å². The van der Waals surface area contributed by atoms with E-state index >= 15 is 0 Å². The average molecular weight is 309 g/mol. The largest absolute Gasteiger partial charge is 0.254 e. The van der Waals surface area contributed by atoms with Gasteiger partial charge in [0, 0.05) is 15.1 Å². The summed E-state index contributed by atoms with van der Waals surface area (Å²) in [6.07, 6.45) is 0.834. The fourth-order valence-corrected chi connectivity index (χ4v) is 3.16. The Labute approximate surface area is 112 Å². The predicted octanol–water partition coefficient (Wildman–Crippen LogP) is 3.80. The zero-order valence-corrected chi connectivity index (χ0v) is 11.7. The summed E-state index contributed by atoms with van der Waals surface area (Å²) in [5.41, 5.74) is 1.21. The molecule has 88 valence electrons. The maximum absolute atomic E-state index is 12.0. The Morgan fingerprint density at radius 2 is 1.76 bits per heavy atom. The number of halogens is 1. The van der Waals surface area contributed by atoms with Crippen LogP contribution in [0.2, 0.25) is 0 Å². The number of hydrogen-bond acceptors (Lipinski definition) is 1. The van der Waals surface area contributed by atoms with Gasteiger partial charge in [0.1, 0.15) is 0 Å². The predicted molar refractivity (Wildman–Crippen MR) is 75.6 cm³/mol. The molecule has 2 rings (SSSR count). The standard InChI is InChI=1S/C14H13BrOS/c15-13-6-4-5-12(11-13)9-10-17(16)14-7-2-1-3-8-14/h1-8,11H,9-10H2. The molecule has 1 unspecified atom stereocenters. The van der Waals surface area contributed by atoms with Crippen LogP contribution in [-0.4, -0.2) is 9.96 Å². The van der Waals surface area contributed by atoms with Gasteiger partial charge < -0.3 is 0 Å². The van der Waals surface area contributed by atoms with Crippen molar-refractivity contribution in [2.45, 2.75) is 11.3 Å². The van der Waals surface area contributed by atoms with Crippen LogP contribution in [0, 0.1) is 0 Å². The topological polar surface area (TPSA) is 17.1 Å². The van der Waals surface area contributed by atoms with E-state index in [9.17, 15) is 4.21 Å². The third-order valence-electron chi connectivity index (χ3n) is 2.47. The van der Waals surface area contributed by atoms with E-state index in [1.54, 1.807) is 0 Å². The van der Waals surface area contributed by atoms with Crippen molar-refractivity contribution in [2.24, 2.45) is 0 Å². The van der Waals surface area contributed by atoms with Gasteiger partial charge in [0.05, 0.1) is 10.8 Å². The second-order valence-electron chi connectivity index (χ2n) is 3.74. The van der Waals surface area contributed by atoms with E-state index < -0.39 is 10.8 Å². The van der Waals surface area contributed by atoms with E-state index in [2.05, 4.69) is 28.1 Å². The quantitative estimate of drug-likeness (QED) is 0.839. The highest BCUT2D eigenvalue weighted by Gasteiger charge is 2.03.